The summed E-state index contributed by atoms with van der Waals surface area (Å²) in [6.45, 7) is 3.09. The van der Waals surface area contributed by atoms with Crippen molar-refractivity contribution in [2.45, 2.75) is 24.7 Å². The summed E-state index contributed by atoms with van der Waals surface area (Å²) in [7, 11) is 0. The topological polar surface area (TPSA) is 210 Å². The number of benzodiazepines with no additional fused rings is 2. The third-order valence-electron chi connectivity index (χ3n) is 13.1. The fraction of sp³-hybridized carbons (Fsp3) is 0.214. The minimum Gasteiger partial charge on any atom is -0.422 e. The summed E-state index contributed by atoms with van der Waals surface area (Å²) >= 11 is 0. The van der Waals surface area contributed by atoms with Crippen LogP contribution in [-0.2, 0) is 31.4 Å². The molecule has 2 amide bonds. The van der Waals surface area contributed by atoms with Crippen molar-refractivity contribution < 1.29 is 54.2 Å². The van der Waals surface area contributed by atoms with Crippen molar-refractivity contribution in [3.63, 3.8) is 0 Å². The number of morpholine rings is 2. The van der Waals surface area contributed by atoms with Gasteiger partial charge in [-0.05, 0) is 24.3 Å². The number of nitrogens with zero attached hydrogens (tertiary/aromatic N) is 8. The van der Waals surface area contributed by atoms with E-state index in [0.29, 0.717) is 75.4 Å². The molecule has 8 heterocycles. The van der Waals surface area contributed by atoms with Gasteiger partial charge in [-0.15, -0.1) is 0 Å². The van der Waals surface area contributed by atoms with Crippen LogP contribution in [0.5, 0.6) is 0 Å². The molecule has 0 spiro atoms. The largest absolute Gasteiger partial charge is 0.422 e. The van der Waals surface area contributed by atoms with Crippen molar-refractivity contribution in [3.8, 4) is 22.9 Å². The van der Waals surface area contributed by atoms with Crippen LogP contribution in [0, 0.1) is 0 Å². The van der Waals surface area contributed by atoms with Crippen LogP contribution in [0.3, 0.4) is 0 Å². The summed E-state index contributed by atoms with van der Waals surface area (Å²) in [4.78, 5) is 55.8. The quantitative estimate of drug-likeness (QED) is 0.0941. The predicted octanol–water partition coefficient (Wildman–Crippen LogP) is 9.64. The normalized spacial score (nSPS) is 17.5. The molecule has 2 atom stereocenters. The van der Waals surface area contributed by atoms with Gasteiger partial charge in [0, 0.05) is 60.8 Å². The summed E-state index contributed by atoms with van der Waals surface area (Å²) in [6.07, 6.45) is -7.08. The Bertz CT molecular complexity index is 3360. The Kier molecular flexibility index (Phi) is 14.8. The standard InChI is InChI=1S/2C28H23F3N6O3/c2*29-28(30,31)18-14-21(37-10-12-39-13-11-37)24(32-15-18)22-16-33-27(40-22)36-25-26(38)34-20-9-5-4-8-19(20)23(35-25)17-6-2-1-3-7-17/h2*1-9,14-16,25H,10-13H2,(H,33,36)(H,34,38)/t2*25-/m10/s1. The zero-order chi connectivity index (χ0) is 55.4. The third-order valence-corrected chi connectivity index (χ3v) is 13.1. The highest BCUT2D eigenvalue weighted by atomic mass is 19.4. The first-order valence-corrected chi connectivity index (χ1v) is 25.1. The lowest BCUT2D eigenvalue weighted by atomic mass is 10.0. The van der Waals surface area contributed by atoms with E-state index < -0.39 is 47.6 Å². The van der Waals surface area contributed by atoms with Crippen molar-refractivity contribution >= 4 is 58.0 Å². The molecule has 4 aliphatic heterocycles. The number of para-hydroxylation sites is 2. The van der Waals surface area contributed by atoms with E-state index in [9.17, 15) is 35.9 Å². The van der Waals surface area contributed by atoms with Crippen molar-refractivity contribution in [1.29, 1.82) is 0 Å². The van der Waals surface area contributed by atoms with E-state index in [1.54, 1.807) is 21.9 Å². The predicted molar refractivity (Wildman–Crippen MR) is 285 cm³/mol. The Morgan fingerprint density at radius 2 is 0.863 bits per heavy atom. The number of benzene rings is 4. The van der Waals surface area contributed by atoms with Crippen LogP contribution in [0.2, 0.25) is 0 Å². The van der Waals surface area contributed by atoms with E-state index in [1.807, 2.05) is 97.1 Å². The molecule has 8 aromatic rings. The van der Waals surface area contributed by atoms with E-state index in [4.69, 9.17) is 28.3 Å². The molecule has 4 aromatic carbocycles. The second kappa shape index (κ2) is 22.5. The first-order valence-electron chi connectivity index (χ1n) is 25.1. The number of anilines is 6. The third kappa shape index (κ3) is 11.6. The SMILES string of the molecule is O=C1Nc2ccccc2C(c2ccccc2)=N[C@@H]1Nc1ncc(-c2ncc(C(F)(F)F)cc2N2CCOCC2)o1.O=C1Nc2ccccc2C(c2ccccc2)=N[C@H]1Nc1ncc(-c2ncc(C(F)(F)F)cc2N2CCOCC2)o1. The van der Waals surface area contributed by atoms with E-state index in [0.717, 1.165) is 46.8 Å². The van der Waals surface area contributed by atoms with E-state index in [1.165, 1.54) is 12.4 Å². The number of hydrogen-bond acceptors (Lipinski definition) is 16. The molecular weight excluding hydrogens is 1050 g/mol. The molecule has 4 aliphatic rings. The molecule has 0 radical (unpaired) electrons. The van der Waals surface area contributed by atoms with Gasteiger partial charge in [-0.2, -0.15) is 26.3 Å². The maximum Gasteiger partial charge on any atom is 0.417 e. The number of aromatic nitrogens is 4. The monoisotopic (exact) mass is 1100 g/mol. The Morgan fingerprint density at radius 3 is 1.25 bits per heavy atom. The van der Waals surface area contributed by atoms with Crippen molar-refractivity contribution in [2.24, 2.45) is 9.98 Å². The van der Waals surface area contributed by atoms with Crippen LogP contribution in [-0.4, -0.2) is 108 Å². The number of carbonyl (C=O) groups excluding carboxylic acids is 2. The minimum absolute atomic E-state index is 0.0353. The highest BCUT2D eigenvalue weighted by Crippen LogP contribution is 2.39. The highest BCUT2D eigenvalue weighted by molar-refractivity contribution is 6.20. The Labute approximate surface area is 451 Å². The number of ether oxygens (including phenoxy) is 2. The van der Waals surface area contributed by atoms with Crippen molar-refractivity contribution in [2.75, 3.05) is 83.7 Å². The van der Waals surface area contributed by atoms with Crippen LogP contribution in [0.1, 0.15) is 33.4 Å². The number of hydrogen-bond donors (Lipinski definition) is 4. The molecule has 4 aromatic heterocycles. The smallest absolute Gasteiger partial charge is 0.417 e. The second-order valence-corrected chi connectivity index (χ2v) is 18.3. The zero-order valence-corrected chi connectivity index (χ0v) is 42.0. The van der Waals surface area contributed by atoms with Gasteiger partial charge in [-0.1, -0.05) is 97.1 Å². The van der Waals surface area contributed by atoms with Crippen molar-refractivity contribution in [1.82, 2.24) is 19.9 Å². The molecule has 0 unspecified atom stereocenters. The molecule has 2 saturated heterocycles. The molecule has 2 fully saturated rings. The lowest BCUT2D eigenvalue weighted by Crippen LogP contribution is -2.36. The molecular formula is C56H46F6N12O6. The fourth-order valence-corrected chi connectivity index (χ4v) is 9.18. The molecule has 0 saturated carbocycles. The van der Waals surface area contributed by atoms with Gasteiger partial charge in [0.1, 0.15) is 11.4 Å². The van der Waals surface area contributed by atoms with Gasteiger partial charge in [0.15, 0.2) is 11.5 Å². The maximum atomic E-state index is 13.5. The summed E-state index contributed by atoms with van der Waals surface area (Å²) in [5.41, 5.74) is 4.71. The molecule has 24 heteroatoms. The van der Waals surface area contributed by atoms with Crippen LogP contribution < -0.4 is 31.1 Å². The van der Waals surface area contributed by atoms with Crippen LogP contribution >= 0.6 is 0 Å². The van der Waals surface area contributed by atoms with Gasteiger partial charge in [0.05, 0.1) is 84.1 Å². The van der Waals surface area contributed by atoms with Gasteiger partial charge >= 0.3 is 12.4 Å². The number of carbonyl (C=O) groups is 2. The number of pyridine rings is 2. The number of aliphatic imine (C=N–C) groups is 2. The Morgan fingerprint density at radius 1 is 0.487 bits per heavy atom. The minimum atomic E-state index is -4.56. The zero-order valence-electron chi connectivity index (χ0n) is 42.0. The average Bonchev–Trinajstić information content (AvgIpc) is 4.12. The van der Waals surface area contributed by atoms with Crippen LogP contribution in [0.25, 0.3) is 22.9 Å². The number of oxazole rings is 2. The molecule has 408 valence electrons. The number of nitrogens with one attached hydrogen (secondary N) is 4. The molecule has 18 nitrogen and oxygen atoms in total. The molecule has 0 bridgehead atoms. The summed E-state index contributed by atoms with van der Waals surface area (Å²) < 4.78 is 103. The summed E-state index contributed by atoms with van der Waals surface area (Å²) in [5, 5.41) is 11.6. The molecule has 80 heavy (non-hydrogen) atoms. The number of alkyl halides is 6. The lowest BCUT2D eigenvalue weighted by molar-refractivity contribution is -0.138. The van der Waals surface area contributed by atoms with E-state index >= 15 is 0 Å². The number of halogens is 6. The van der Waals surface area contributed by atoms with Gasteiger partial charge in [-0.25, -0.2) is 20.0 Å². The molecule has 12 rings (SSSR count). The van der Waals surface area contributed by atoms with Gasteiger partial charge in [0.25, 0.3) is 23.8 Å². The molecule has 0 aliphatic carbocycles. The van der Waals surface area contributed by atoms with Gasteiger partial charge in [-0.3, -0.25) is 19.6 Å². The average molecular weight is 1100 g/mol. The van der Waals surface area contributed by atoms with Crippen LogP contribution in [0.4, 0.5) is 61.1 Å². The lowest BCUT2D eigenvalue weighted by Gasteiger charge is -2.30. The Balaban J connectivity index is 0.000000169. The van der Waals surface area contributed by atoms with Crippen molar-refractivity contribution in [3.05, 3.63) is 179 Å². The Hall–Kier alpha value is -9.42. The first kappa shape index (κ1) is 52.6. The van der Waals surface area contributed by atoms with Gasteiger partial charge < -0.3 is 49.4 Å². The number of fused-ring (bicyclic) bond motifs is 2. The number of amides is 2. The summed E-state index contributed by atoms with van der Waals surface area (Å²) in [6, 6.07) is 35.6. The number of rotatable bonds is 10. The van der Waals surface area contributed by atoms with Gasteiger partial charge in [0.2, 0.25) is 12.3 Å². The fourth-order valence-electron chi connectivity index (χ4n) is 9.18. The first-order chi connectivity index (χ1) is 38.7. The van der Waals surface area contributed by atoms with E-state index in [2.05, 4.69) is 41.2 Å². The molecule has 4 N–H and O–H groups in total. The summed E-state index contributed by atoms with van der Waals surface area (Å²) in [5.74, 6) is -0.579. The second-order valence-electron chi connectivity index (χ2n) is 18.3. The highest BCUT2D eigenvalue weighted by Gasteiger charge is 2.36. The maximum absolute atomic E-state index is 13.5. The van der Waals surface area contributed by atoms with E-state index in [-0.39, 0.29) is 46.3 Å². The van der Waals surface area contributed by atoms with Crippen LogP contribution in [0.15, 0.2) is 165 Å².